The zero-order valence-electron chi connectivity index (χ0n) is 13.0. The molecular weight excluding hydrogens is 300 g/mol. The Morgan fingerprint density at radius 3 is 2.86 bits per heavy atom. The van der Waals surface area contributed by atoms with Crippen molar-refractivity contribution in [3.63, 3.8) is 0 Å². The van der Waals surface area contributed by atoms with Gasteiger partial charge in [0, 0.05) is 26.0 Å². The van der Waals surface area contributed by atoms with E-state index in [2.05, 4.69) is 11.8 Å². The van der Waals surface area contributed by atoms with Crippen molar-refractivity contribution in [2.24, 2.45) is 0 Å². The quantitative estimate of drug-likeness (QED) is 0.813. The van der Waals surface area contributed by atoms with Gasteiger partial charge in [-0.2, -0.15) is 0 Å². The molecule has 0 bridgehead atoms. The SMILES string of the molecule is CCCN1c2nc3ccccc3n2C(=O)N(C)CC1CCCl. The molecule has 6 heteroatoms. The van der Waals surface area contributed by atoms with E-state index in [1.54, 1.807) is 9.47 Å². The van der Waals surface area contributed by atoms with Crippen molar-refractivity contribution in [1.82, 2.24) is 14.5 Å². The molecular formula is C16H21ClN4O. The van der Waals surface area contributed by atoms with Gasteiger partial charge >= 0.3 is 6.03 Å². The first-order valence-corrected chi connectivity index (χ1v) is 8.26. The lowest BCUT2D eigenvalue weighted by Crippen LogP contribution is -2.42. The van der Waals surface area contributed by atoms with Crippen LogP contribution in [0.1, 0.15) is 19.8 Å². The fourth-order valence-corrected chi connectivity index (χ4v) is 3.37. The highest BCUT2D eigenvalue weighted by molar-refractivity contribution is 6.17. The van der Waals surface area contributed by atoms with Gasteiger partial charge in [0.25, 0.3) is 0 Å². The molecule has 2 heterocycles. The van der Waals surface area contributed by atoms with Crippen molar-refractivity contribution in [1.29, 1.82) is 0 Å². The van der Waals surface area contributed by atoms with Crippen molar-refractivity contribution in [2.45, 2.75) is 25.8 Å². The standard InChI is InChI=1S/C16H21ClN4O/c1-3-10-20-12(8-9-17)11-19(2)16(22)21-14-7-5-4-6-13(14)18-15(20)21/h4-7,12H,3,8-11H2,1-2H3. The number of halogens is 1. The molecule has 118 valence electrons. The highest BCUT2D eigenvalue weighted by Gasteiger charge is 2.32. The number of carbonyl (C=O) groups excluding carboxylic acids is 1. The molecule has 0 spiro atoms. The molecule has 1 aromatic heterocycles. The Hall–Kier alpha value is -1.75. The van der Waals surface area contributed by atoms with E-state index < -0.39 is 0 Å². The minimum atomic E-state index is -0.0260. The van der Waals surface area contributed by atoms with Gasteiger partial charge < -0.3 is 9.80 Å². The molecule has 2 aromatic rings. The Kier molecular flexibility index (Phi) is 4.25. The summed E-state index contributed by atoms with van der Waals surface area (Å²) < 4.78 is 1.74. The van der Waals surface area contributed by atoms with Crippen LogP contribution in [0.15, 0.2) is 24.3 Å². The largest absolute Gasteiger partial charge is 0.337 e. The maximum Gasteiger partial charge on any atom is 0.331 e. The summed E-state index contributed by atoms with van der Waals surface area (Å²) >= 11 is 5.99. The van der Waals surface area contributed by atoms with Crippen molar-refractivity contribution in [3.8, 4) is 0 Å². The number of likely N-dealkylation sites (N-methyl/N-ethyl adjacent to an activating group) is 1. The van der Waals surface area contributed by atoms with Crippen molar-refractivity contribution < 1.29 is 4.79 Å². The molecule has 1 atom stereocenters. The topological polar surface area (TPSA) is 41.4 Å². The molecule has 0 N–H and O–H groups in total. The van der Waals surface area contributed by atoms with Crippen molar-refractivity contribution in [3.05, 3.63) is 24.3 Å². The summed E-state index contributed by atoms with van der Waals surface area (Å²) in [6.07, 6.45) is 1.84. The molecule has 0 aliphatic carbocycles. The number of imidazole rings is 1. The predicted octanol–water partition coefficient (Wildman–Crippen LogP) is 3.16. The van der Waals surface area contributed by atoms with Gasteiger partial charge in [-0.3, -0.25) is 0 Å². The molecule has 1 aliphatic heterocycles. The number of amides is 1. The summed E-state index contributed by atoms with van der Waals surface area (Å²) in [7, 11) is 1.84. The average molecular weight is 321 g/mol. The third-order valence-electron chi connectivity index (χ3n) is 4.15. The summed E-state index contributed by atoms with van der Waals surface area (Å²) in [6.45, 7) is 3.68. The first-order valence-electron chi connectivity index (χ1n) is 7.73. The normalized spacial score (nSPS) is 18.7. The monoisotopic (exact) mass is 320 g/mol. The number of alkyl halides is 1. The molecule has 0 saturated heterocycles. The smallest absolute Gasteiger partial charge is 0.331 e. The second-order valence-electron chi connectivity index (χ2n) is 5.72. The van der Waals surface area contributed by atoms with E-state index in [9.17, 15) is 4.79 Å². The zero-order chi connectivity index (χ0) is 15.7. The van der Waals surface area contributed by atoms with Crippen LogP contribution in [0.2, 0.25) is 0 Å². The van der Waals surface area contributed by atoms with Gasteiger partial charge in [-0.25, -0.2) is 14.3 Å². The number of hydrogen-bond donors (Lipinski definition) is 0. The average Bonchev–Trinajstić information content (AvgIpc) is 2.86. The van der Waals surface area contributed by atoms with Crippen LogP contribution >= 0.6 is 11.6 Å². The maximum atomic E-state index is 12.8. The van der Waals surface area contributed by atoms with E-state index in [0.29, 0.717) is 12.4 Å². The number of aromatic nitrogens is 2. The number of benzene rings is 1. The van der Waals surface area contributed by atoms with Crippen LogP contribution in [0, 0.1) is 0 Å². The third kappa shape index (κ3) is 2.43. The van der Waals surface area contributed by atoms with Gasteiger partial charge in [0.1, 0.15) is 0 Å². The Morgan fingerprint density at radius 1 is 1.36 bits per heavy atom. The minimum absolute atomic E-state index is 0.0260. The van der Waals surface area contributed by atoms with E-state index in [-0.39, 0.29) is 12.1 Å². The number of anilines is 1. The second-order valence-corrected chi connectivity index (χ2v) is 6.10. The van der Waals surface area contributed by atoms with E-state index in [4.69, 9.17) is 16.6 Å². The van der Waals surface area contributed by atoms with Crippen LogP contribution in [0.25, 0.3) is 11.0 Å². The Balaban J connectivity index is 2.19. The van der Waals surface area contributed by atoms with Gasteiger partial charge in [-0.1, -0.05) is 19.1 Å². The number of nitrogens with zero attached hydrogens (tertiary/aromatic N) is 4. The molecule has 22 heavy (non-hydrogen) atoms. The Labute approximate surface area is 135 Å². The molecule has 1 amide bonds. The minimum Gasteiger partial charge on any atom is -0.337 e. The summed E-state index contributed by atoms with van der Waals surface area (Å²) in [6, 6.07) is 7.96. The second kappa shape index (κ2) is 6.16. The van der Waals surface area contributed by atoms with Gasteiger partial charge in [0.15, 0.2) is 0 Å². The van der Waals surface area contributed by atoms with E-state index in [0.717, 1.165) is 36.4 Å². The van der Waals surface area contributed by atoms with Crippen LogP contribution in [0.5, 0.6) is 0 Å². The molecule has 1 unspecified atom stereocenters. The van der Waals surface area contributed by atoms with Crippen molar-refractivity contribution in [2.75, 3.05) is 30.9 Å². The van der Waals surface area contributed by atoms with E-state index in [1.165, 1.54) is 0 Å². The third-order valence-corrected chi connectivity index (χ3v) is 4.37. The van der Waals surface area contributed by atoms with E-state index >= 15 is 0 Å². The van der Waals surface area contributed by atoms with Crippen LogP contribution in [-0.2, 0) is 0 Å². The molecule has 1 aromatic carbocycles. The van der Waals surface area contributed by atoms with Crippen LogP contribution in [0.3, 0.4) is 0 Å². The molecule has 0 fully saturated rings. The highest BCUT2D eigenvalue weighted by Crippen LogP contribution is 2.28. The molecule has 0 radical (unpaired) electrons. The Morgan fingerprint density at radius 2 is 2.14 bits per heavy atom. The number of rotatable bonds is 4. The fraction of sp³-hybridized carbons (Fsp3) is 0.500. The molecule has 5 nitrogen and oxygen atoms in total. The first kappa shape index (κ1) is 15.2. The van der Waals surface area contributed by atoms with Gasteiger partial charge in [0.05, 0.1) is 17.1 Å². The van der Waals surface area contributed by atoms with Crippen LogP contribution < -0.4 is 4.90 Å². The number of fused-ring (bicyclic) bond motifs is 3. The lowest BCUT2D eigenvalue weighted by atomic mass is 10.2. The van der Waals surface area contributed by atoms with Gasteiger partial charge in [0.2, 0.25) is 5.95 Å². The van der Waals surface area contributed by atoms with Crippen LogP contribution in [-0.4, -0.2) is 52.5 Å². The number of carbonyl (C=O) groups is 1. The fourth-order valence-electron chi connectivity index (χ4n) is 3.12. The molecule has 0 saturated carbocycles. The predicted molar refractivity (Wildman–Crippen MR) is 89.9 cm³/mol. The summed E-state index contributed by atoms with van der Waals surface area (Å²) in [5.41, 5.74) is 1.72. The van der Waals surface area contributed by atoms with Crippen LogP contribution in [0.4, 0.5) is 10.7 Å². The molecule has 3 rings (SSSR count). The summed E-state index contributed by atoms with van der Waals surface area (Å²) in [5, 5.41) is 0. The zero-order valence-corrected chi connectivity index (χ0v) is 13.8. The lowest BCUT2D eigenvalue weighted by Gasteiger charge is -2.30. The summed E-state index contributed by atoms with van der Waals surface area (Å²) in [5.74, 6) is 1.32. The first-order chi connectivity index (χ1) is 10.7. The lowest BCUT2D eigenvalue weighted by molar-refractivity contribution is 0.211. The van der Waals surface area contributed by atoms with Gasteiger partial charge in [-0.05, 0) is 25.0 Å². The maximum absolute atomic E-state index is 12.8. The van der Waals surface area contributed by atoms with Crippen molar-refractivity contribution >= 4 is 34.6 Å². The van der Waals surface area contributed by atoms with Gasteiger partial charge in [-0.15, -0.1) is 11.6 Å². The Bertz CT molecular complexity index is 684. The number of para-hydroxylation sites is 2. The number of hydrogen-bond acceptors (Lipinski definition) is 3. The molecule has 1 aliphatic rings. The van der Waals surface area contributed by atoms with E-state index in [1.807, 2.05) is 31.3 Å². The highest BCUT2D eigenvalue weighted by atomic mass is 35.5. The summed E-state index contributed by atoms with van der Waals surface area (Å²) in [4.78, 5) is 21.5.